The van der Waals surface area contributed by atoms with Crippen molar-refractivity contribution in [3.8, 4) is 11.3 Å². The first kappa shape index (κ1) is 27.5. The Kier molecular flexibility index (Phi) is 7.73. The van der Waals surface area contributed by atoms with Crippen molar-refractivity contribution in [2.45, 2.75) is 45.2 Å². The molecule has 0 spiro atoms. The van der Waals surface area contributed by atoms with Crippen molar-refractivity contribution in [1.29, 1.82) is 0 Å². The van der Waals surface area contributed by atoms with Crippen molar-refractivity contribution in [3.63, 3.8) is 0 Å². The van der Waals surface area contributed by atoms with E-state index in [1.165, 1.54) is 0 Å². The van der Waals surface area contributed by atoms with E-state index in [2.05, 4.69) is 37.6 Å². The Balaban J connectivity index is 1.25. The van der Waals surface area contributed by atoms with Gasteiger partial charge in [0.2, 0.25) is 5.95 Å². The molecule has 2 aliphatic rings. The number of hydrogen-bond acceptors (Lipinski definition) is 8. The van der Waals surface area contributed by atoms with Crippen LogP contribution in [0.5, 0.6) is 0 Å². The smallest absolute Gasteiger partial charge is 0.283 e. The number of carboxylic acid groups (broad SMARTS) is 1. The molecule has 40 heavy (non-hydrogen) atoms. The number of rotatable bonds is 6. The van der Waals surface area contributed by atoms with Crippen LogP contribution < -0.4 is 20.6 Å². The Hall–Kier alpha value is -4.02. The fourth-order valence-electron chi connectivity index (χ4n) is 5.77. The summed E-state index contributed by atoms with van der Waals surface area (Å²) in [6.07, 6.45) is 1.65. The Labute approximate surface area is 234 Å². The lowest BCUT2D eigenvalue weighted by Gasteiger charge is -2.48. The number of nitrogens with one attached hydrogen (secondary N) is 2. The van der Waals surface area contributed by atoms with Gasteiger partial charge < -0.3 is 30.2 Å². The Morgan fingerprint density at radius 2 is 1.68 bits per heavy atom. The summed E-state index contributed by atoms with van der Waals surface area (Å²) < 4.78 is 5.06. The van der Waals surface area contributed by atoms with Crippen LogP contribution in [0, 0.1) is 0 Å². The zero-order valence-electron chi connectivity index (χ0n) is 23.2. The van der Waals surface area contributed by atoms with Crippen LogP contribution in [0.15, 0.2) is 60.8 Å². The van der Waals surface area contributed by atoms with Gasteiger partial charge in [-0.2, -0.15) is 0 Å². The third kappa shape index (κ3) is 5.50. The van der Waals surface area contributed by atoms with E-state index in [0.29, 0.717) is 31.0 Å². The third-order valence-electron chi connectivity index (χ3n) is 7.95. The number of benzene rings is 2. The first-order valence-electron chi connectivity index (χ1n) is 13.7. The number of amides is 2. The third-order valence-corrected chi connectivity index (χ3v) is 7.95. The molecule has 0 saturated carbocycles. The summed E-state index contributed by atoms with van der Waals surface area (Å²) in [4.78, 5) is 36.7. The number of morpholine rings is 1. The minimum atomic E-state index is -1.21. The molecule has 2 atom stereocenters. The first-order valence-corrected chi connectivity index (χ1v) is 13.7. The second-order valence-corrected chi connectivity index (χ2v) is 11.3. The Morgan fingerprint density at radius 3 is 2.33 bits per heavy atom. The van der Waals surface area contributed by atoms with Crippen LogP contribution in [0.1, 0.15) is 33.6 Å². The molecule has 5 rings (SSSR count). The highest BCUT2D eigenvalue weighted by atomic mass is 16.5. The molecular weight excluding hydrogens is 508 g/mol. The van der Waals surface area contributed by atoms with Crippen LogP contribution in [0.25, 0.3) is 11.3 Å². The number of likely N-dealkylation sites (tertiary alicyclic amines) is 1. The van der Waals surface area contributed by atoms with Gasteiger partial charge in [0.15, 0.2) is 6.04 Å². The molecule has 0 radical (unpaired) electrons. The van der Waals surface area contributed by atoms with Gasteiger partial charge in [-0.1, -0.05) is 12.1 Å². The molecular formula is C30H36N6O4. The average Bonchev–Trinajstić information content (AvgIpc) is 3.42. The first-order chi connectivity index (χ1) is 19.2. The maximum atomic E-state index is 13.2. The minimum absolute atomic E-state index is 0.308. The van der Waals surface area contributed by atoms with Crippen LogP contribution in [-0.4, -0.2) is 70.9 Å². The number of carbonyl (C=O) groups is 2. The summed E-state index contributed by atoms with van der Waals surface area (Å²) in [5.41, 5.74) is 3.58. The van der Waals surface area contributed by atoms with Crippen LogP contribution in [0.2, 0.25) is 0 Å². The van der Waals surface area contributed by atoms with E-state index < -0.39 is 17.7 Å². The minimum Gasteiger partial charge on any atom is -0.498 e. The van der Waals surface area contributed by atoms with E-state index in [9.17, 15) is 14.7 Å². The summed E-state index contributed by atoms with van der Waals surface area (Å²) in [6.45, 7) is 9.17. The molecule has 0 aliphatic carbocycles. The van der Waals surface area contributed by atoms with Gasteiger partial charge in [0.05, 0.1) is 31.0 Å². The van der Waals surface area contributed by atoms with Crippen molar-refractivity contribution in [1.82, 2.24) is 9.97 Å². The van der Waals surface area contributed by atoms with Crippen LogP contribution in [0.3, 0.4) is 0 Å². The van der Waals surface area contributed by atoms with Gasteiger partial charge in [0.1, 0.15) is 0 Å². The summed E-state index contributed by atoms with van der Waals surface area (Å²) in [5, 5.41) is 18.4. The van der Waals surface area contributed by atoms with E-state index in [1.54, 1.807) is 18.3 Å². The molecule has 2 saturated heterocycles. The van der Waals surface area contributed by atoms with Gasteiger partial charge in [-0.15, -0.1) is 0 Å². The van der Waals surface area contributed by atoms with Crippen LogP contribution >= 0.6 is 0 Å². The van der Waals surface area contributed by atoms with E-state index >= 15 is 0 Å². The molecule has 3 aromatic rings. The van der Waals surface area contributed by atoms with Crippen molar-refractivity contribution in [2.75, 3.05) is 48.4 Å². The second-order valence-electron chi connectivity index (χ2n) is 11.3. The van der Waals surface area contributed by atoms with E-state index in [-0.39, 0.29) is 10.4 Å². The zero-order chi connectivity index (χ0) is 28.3. The van der Waals surface area contributed by atoms with E-state index in [4.69, 9.17) is 4.74 Å². The highest BCUT2D eigenvalue weighted by Gasteiger charge is 2.55. The lowest BCUT2D eigenvalue weighted by molar-refractivity contribution is -0.922. The topological polar surface area (TPSA) is 120 Å². The molecule has 2 aliphatic heterocycles. The Morgan fingerprint density at radius 1 is 1.00 bits per heavy atom. The molecule has 2 fully saturated rings. The van der Waals surface area contributed by atoms with Crippen molar-refractivity contribution in [2.24, 2.45) is 0 Å². The van der Waals surface area contributed by atoms with Crippen molar-refractivity contribution in [3.05, 3.63) is 60.8 Å². The van der Waals surface area contributed by atoms with Crippen LogP contribution in [0.4, 0.5) is 27.8 Å². The SMILES string of the molecule is CC(C)(C)[N+]1(C(=O)[O-])CCC[C@@H]1C(=O)Nc1ccc(-c2ccnc(Nc3ccc(N4CCOCC4)cc3)n2)cc1. The number of aromatic nitrogens is 2. The number of ether oxygens (including phenoxy) is 1. The van der Waals surface area contributed by atoms with Gasteiger partial charge in [0, 0.05) is 54.8 Å². The van der Waals surface area contributed by atoms with Crippen molar-refractivity contribution >= 4 is 35.0 Å². The van der Waals surface area contributed by atoms with Gasteiger partial charge in [-0.25, -0.2) is 9.97 Å². The largest absolute Gasteiger partial charge is 0.498 e. The molecule has 210 valence electrons. The number of quaternary nitrogens is 1. The molecule has 1 unspecified atom stereocenters. The zero-order valence-corrected chi connectivity index (χ0v) is 23.2. The Bertz CT molecular complexity index is 1350. The average molecular weight is 545 g/mol. The molecule has 2 amide bonds. The van der Waals surface area contributed by atoms with Crippen LogP contribution in [-0.2, 0) is 9.53 Å². The summed E-state index contributed by atoms with van der Waals surface area (Å²) in [6, 6.07) is 16.6. The lowest BCUT2D eigenvalue weighted by Crippen LogP contribution is -2.71. The normalized spacial score (nSPS) is 21.2. The van der Waals surface area contributed by atoms with Gasteiger partial charge in [-0.05, 0) is 63.2 Å². The monoisotopic (exact) mass is 544 g/mol. The summed E-state index contributed by atoms with van der Waals surface area (Å²) in [5.74, 6) is 0.173. The molecule has 10 nitrogen and oxygen atoms in total. The van der Waals surface area contributed by atoms with E-state index in [0.717, 1.165) is 48.9 Å². The molecule has 2 aromatic carbocycles. The molecule has 1 aromatic heterocycles. The van der Waals surface area contributed by atoms with Crippen molar-refractivity contribution < 1.29 is 23.9 Å². The number of anilines is 4. The van der Waals surface area contributed by atoms with Gasteiger partial charge in [-0.3, -0.25) is 9.28 Å². The molecule has 2 N–H and O–H groups in total. The maximum absolute atomic E-state index is 13.2. The van der Waals surface area contributed by atoms with Gasteiger partial charge >= 0.3 is 0 Å². The summed E-state index contributed by atoms with van der Waals surface area (Å²) >= 11 is 0. The molecule has 3 heterocycles. The highest BCUT2D eigenvalue weighted by molar-refractivity contribution is 5.95. The highest BCUT2D eigenvalue weighted by Crippen LogP contribution is 2.37. The lowest BCUT2D eigenvalue weighted by atomic mass is 9.99. The second kappa shape index (κ2) is 11.2. The quantitative estimate of drug-likeness (QED) is 0.450. The fraction of sp³-hybridized carbons (Fsp3) is 0.400. The molecule has 10 heteroatoms. The maximum Gasteiger partial charge on any atom is 0.283 e. The number of hydrogen-bond donors (Lipinski definition) is 2. The summed E-state index contributed by atoms with van der Waals surface area (Å²) in [7, 11) is 0. The fourth-order valence-corrected chi connectivity index (χ4v) is 5.77. The van der Waals surface area contributed by atoms with E-state index in [1.807, 2.05) is 51.1 Å². The number of carbonyl (C=O) groups excluding carboxylic acids is 2. The standard InChI is InChI=1S/C30H36N6O4/c1-30(2,3)36(29(38)39)18-4-5-26(36)27(37)32-22-8-6-21(7-9-22)25-14-15-31-28(34-25)33-23-10-12-24(13-11-23)35-16-19-40-20-17-35/h6-15,26H,4-5,16-20H2,1-3H3,(H2-,31,32,33,34,37,38,39)/t26-,36?/m1/s1. The predicted molar refractivity (Wildman–Crippen MR) is 152 cm³/mol. The number of nitrogens with zero attached hydrogens (tertiary/aromatic N) is 4. The van der Waals surface area contributed by atoms with Gasteiger partial charge in [0.25, 0.3) is 12.0 Å². The molecule has 0 bridgehead atoms. The predicted octanol–water partition coefficient (Wildman–Crippen LogP) is 3.78.